The first kappa shape index (κ1) is 25.2. The monoisotopic (exact) mass is 488 g/mol. The number of carbonyl (C=O) groups excluding carboxylic acids is 3. The molecule has 1 heterocycles. The normalized spacial score (nSPS) is 17.2. The summed E-state index contributed by atoms with van der Waals surface area (Å²) in [7, 11) is -4.17. The average Bonchev–Trinajstić information content (AvgIpc) is 2.74. The third-order valence-corrected chi connectivity index (χ3v) is 7.28. The van der Waals surface area contributed by atoms with E-state index in [2.05, 4.69) is 10.0 Å². The summed E-state index contributed by atoms with van der Waals surface area (Å²) in [6, 6.07) is 5.47. The van der Waals surface area contributed by atoms with E-state index in [0.717, 1.165) is 11.1 Å². The number of hydrogen-bond donors (Lipinski definition) is 2. The van der Waals surface area contributed by atoms with Gasteiger partial charge in [-0.25, -0.2) is 13.1 Å². The molecule has 10 heteroatoms. The first-order chi connectivity index (χ1) is 15.7. The zero-order valence-electron chi connectivity index (χ0n) is 20.0. The zero-order valence-corrected chi connectivity index (χ0v) is 20.8. The molecule has 2 amide bonds. The first-order valence-corrected chi connectivity index (χ1v) is 12.2. The molecule has 2 N–H and O–H groups in total. The van der Waals surface area contributed by atoms with E-state index in [9.17, 15) is 22.8 Å². The largest absolute Gasteiger partial charge is 0.477 e. The van der Waals surface area contributed by atoms with E-state index >= 15 is 0 Å². The van der Waals surface area contributed by atoms with E-state index in [4.69, 9.17) is 9.47 Å². The molecule has 0 aromatic heterocycles. The van der Waals surface area contributed by atoms with E-state index in [0.29, 0.717) is 34.7 Å². The highest BCUT2D eigenvalue weighted by atomic mass is 32.2. The molecule has 0 radical (unpaired) electrons. The number of fused-ring (bicyclic) bond motifs is 1. The maximum atomic E-state index is 13.1. The van der Waals surface area contributed by atoms with E-state index in [-0.39, 0.29) is 17.2 Å². The molecule has 0 fully saturated rings. The maximum absolute atomic E-state index is 13.1. The third kappa shape index (κ3) is 4.91. The fourth-order valence-corrected chi connectivity index (χ4v) is 4.97. The summed E-state index contributed by atoms with van der Waals surface area (Å²) < 4.78 is 39.2. The molecule has 2 aromatic rings. The molecule has 0 aliphatic carbocycles. The molecule has 3 rings (SSSR count). The van der Waals surface area contributed by atoms with Crippen LogP contribution in [0.25, 0.3) is 0 Å². The molecule has 0 saturated carbocycles. The molecule has 0 bridgehead atoms. The number of esters is 1. The Morgan fingerprint density at radius 3 is 2.18 bits per heavy atom. The van der Waals surface area contributed by atoms with Gasteiger partial charge in [0, 0.05) is 31.5 Å². The Labute approximate surface area is 198 Å². The Morgan fingerprint density at radius 1 is 1.00 bits per heavy atom. The van der Waals surface area contributed by atoms with Gasteiger partial charge >= 0.3 is 5.97 Å². The number of rotatable bonds is 5. The lowest BCUT2D eigenvalue weighted by atomic mass is 9.87. The van der Waals surface area contributed by atoms with Crippen LogP contribution >= 0.6 is 0 Å². The second-order valence-corrected chi connectivity index (χ2v) is 10.3. The lowest BCUT2D eigenvalue weighted by Gasteiger charge is -2.36. The van der Waals surface area contributed by atoms with Gasteiger partial charge < -0.3 is 14.8 Å². The van der Waals surface area contributed by atoms with Crippen molar-refractivity contribution in [3.8, 4) is 11.5 Å². The topological polar surface area (TPSA) is 128 Å². The molecule has 1 aliphatic rings. The van der Waals surface area contributed by atoms with Gasteiger partial charge in [0.25, 0.3) is 15.9 Å². The van der Waals surface area contributed by atoms with Gasteiger partial charge in [0.15, 0.2) is 5.60 Å². The standard InChI is InChI=1S/C24H28N2O7S/c1-13-14(2)22-20(15(3)21(13)32-17(5)28)11-12-24(6,33-22)23(29)26-34(30,31)19-9-7-18(8-10-19)25-16(4)27/h7-10H,11-12H2,1-6H3,(H,25,27)(H,26,29). The number of ether oxygens (including phenoxy) is 2. The van der Waals surface area contributed by atoms with Crippen LogP contribution in [0.1, 0.15) is 49.4 Å². The average molecular weight is 489 g/mol. The lowest BCUT2D eigenvalue weighted by Crippen LogP contribution is -2.52. The third-order valence-electron chi connectivity index (χ3n) is 5.93. The molecular formula is C24H28N2O7S. The summed E-state index contributed by atoms with van der Waals surface area (Å²) >= 11 is 0. The first-order valence-electron chi connectivity index (χ1n) is 10.7. The van der Waals surface area contributed by atoms with Crippen molar-refractivity contribution in [1.29, 1.82) is 0 Å². The molecule has 34 heavy (non-hydrogen) atoms. The number of benzene rings is 2. The van der Waals surface area contributed by atoms with Gasteiger partial charge in [-0.15, -0.1) is 0 Å². The Bertz CT molecular complexity index is 1280. The highest BCUT2D eigenvalue weighted by Gasteiger charge is 2.42. The summed E-state index contributed by atoms with van der Waals surface area (Å²) in [6.07, 6.45) is 0.664. The van der Waals surface area contributed by atoms with Crippen LogP contribution < -0.4 is 19.5 Å². The summed E-state index contributed by atoms with van der Waals surface area (Å²) in [5.41, 5.74) is 2.01. The number of nitrogens with one attached hydrogen (secondary N) is 2. The van der Waals surface area contributed by atoms with E-state index < -0.39 is 27.5 Å². The van der Waals surface area contributed by atoms with Crippen molar-refractivity contribution in [2.24, 2.45) is 0 Å². The van der Waals surface area contributed by atoms with Crippen molar-refractivity contribution in [2.75, 3.05) is 5.32 Å². The molecule has 0 saturated heterocycles. The summed E-state index contributed by atoms with van der Waals surface area (Å²) in [5, 5.41) is 2.55. The molecule has 2 aromatic carbocycles. The maximum Gasteiger partial charge on any atom is 0.308 e. The van der Waals surface area contributed by atoms with E-state index in [1.165, 1.54) is 38.1 Å². The van der Waals surface area contributed by atoms with Gasteiger partial charge in [-0.1, -0.05) is 0 Å². The summed E-state index contributed by atoms with van der Waals surface area (Å²) in [5.74, 6) is -0.533. The fraction of sp³-hybridized carbons (Fsp3) is 0.375. The van der Waals surface area contributed by atoms with Crippen LogP contribution in [-0.4, -0.2) is 31.8 Å². The van der Waals surface area contributed by atoms with Crippen LogP contribution in [0.3, 0.4) is 0 Å². The highest BCUT2D eigenvalue weighted by Crippen LogP contribution is 2.44. The minimum atomic E-state index is -4.17. The highest BCUT2D eigenvalue weighted by molar-refractivity contribution is 7.90. The predicted molar refractivity (Wildman–Crippen MR) is 125 cm³/mol. The minimum Gasteiger partial charge on any atom is -0.477 e. The van der Waals surface area contributed by atoms with Crippen molar-refractivity contribution in [3.63, 3.8) is 0 Å². The number of anilines is 1. The van der Waals surface area contributed by atoms with Gasteiger partial charge in [0.1, 0.15) is 11.5 Å². The Hall–Kier alpha value is -3.40. The minimum absolute atomic E-state index is 0.122. The van der Waals surface area contributed by atoms with Crippen LogP contribution in [-0.2, 0) is 30.8 Å². The number of hydrogen-bond acceptors (Lipinski definition) is 7. The van der Waals surface area contributed by atoms with Gasteiger partial charge in [-0.3, -0.25) is 14.4 Å². The molecule has 0 spiro atoms. The quantitative estimate of drug-likeness (QED) is 0.489. The van der Waals surface area contributed by atoms with Gasteiger partial charge in [-0.05, 0) is 75.1 Å². The molecule has 9 nitrogen and oxygen atoms in total. The predicted octanol–water partition coefficient (Wildman–Crippen LogP) is 3.08. The number of amides is 2. The number of carbonyl (C=O) groups is 3. The van der Waals surface area contributed by atoms with E-state index in [1.807, 2.05) is 6.92 Å². The van der Waals surface area contributed by atoms with Gasteiger partial charge in [0.2, 0.25) is 5.91 Å². The van der Waals surface area contributed by atoms with E-state index in [1.54, 1.807) is 20.8 Å². The number of sulfonamides is 1. The van der Waals surface area contributed by atoms with Crippen LogP contribution in [0.4, 0.5) is 5.69 Å². The second kappa shape index (κ2) is 9.09. The van der Waals surface area contributed by atoms with Crippen LogP contribution in [0, 0.1) is 20.8 Å². The Morgan fingerprint density at radius 2 is 1.62 bits per heavy atom. The van der Waals surface area contributed by atoms with Gasteiger partial charge in [0.05, 0.1) is 4.90 Å². The van der Waals surface area contributed by atoms with Crippen molar-refractivity contribution in [1.82, 2.24) is 4.72 Å². The molecular weight excluding hydrogens is 460 g/mol. The second-order valence-electron chi connectivity index (χ2n) is 8.58. The molecule has 1 aliphatic heterocycles. The van der Waals surface area contributed by atoms with Crippen molar-refractivity contribution >= 4 is 33.5 Å². The van der Waals surface area contributed by atoms with Crippen LogP contribution in [0.2, 0.25) is 0 Å². The van der Waals surface area contributed by atoms with Crippen LogP contribution in [0.15, 0.2) is 29.2 Å². The van der Waals surface area contributed by atoms with Crippen molar-refractivity contribution < 1.29 is 32.3 Å². The zero-order chi connectivity index (χ0) is 25.4. The van der Waals surface area contributed by atoms with Crippen LogP contribution in [0.5, 0.6) is 11.5 Å². The van der Waals surface area contributed by atoms with Crippen molar-refractivity contribution in [2.45, 2.75) is 64.9 Å². The molecule has 1 atom stereocenters. The van der Waals surface area contributed by atoms with Crippen molar-refractivity contribution in [3.05, 3.63) is 46.5 Å². The SMILES string of the molecule is CC(=O)Nc1ccc(S(=O)(=O)NC(=O)C2(C)CCc3c(C)c(OC(C)=O)c(C)c(C)c3O2)cc1. The van der Waals surface area contributed by atoms with Gasteiger partial charge in [-0.2, -0.15) is 0 Å². The Balaban J connectivity index is 1.86. The smallest absolute Gasteiger partial charge is 0.308 e. The Kier molecular flexibility index (Phi) is 6.75. The fourth-order valence-electron chi connectivity index (χ4n) is 3.90. The lowest BCUT2D eigenvalue weighted by molar-refractivity contribution is -0.135. The molecule has 1 unspecified atom stereocenters. The summed E-state index contributed by atoms with van der Waals surface area (Å²) in [4.78, 5) is 35.6. The molecule has 182 valence electrons. The summed E-state index contributed by atoms with van der Waals surface area (Å²) in [6.45, 7) is 9.65.